The molecule has 0 spiro atoms. The lowest BCUT2D eigenvalue weighted by atomic mass is 9.83. The molecule has 2 unspecified atom stereocenters. The fraction of sp³-hybridized carbons (Fsp3) is 0.417. The van der Waals surface area contributed by atoms with E-state index in [0.717, 1.165) is 5.56 Å². The smallest absolute Gasteiger partial charge is 0.123 e. The van der Waals surface area contributed by atoms with Gasteiger partial charge in [0.1, 0.15) is 5.82 Å². The summed E-state index contributed by atoms with van der Waals surface area (Å²) in [5, 5.41) is 9.96. The summed E-state index contributed by atoms with van der Waals surface area (Å²) >= 11 is 0. The zero-order chi connectivity index (χ0) is 10.8. The second kappa shape index (κ2) is 4.09. The highest BCUT2D eigenvalue weighted by atomic mass is 19.1. The van der Waals surface area contributed by atoms with Crippen molar-refractivity contribution in [1.29, 1.82) is 0 Å². The van der Waals surface area contributed by atoms with Gasteiger partial charge in [-0.3, -0.25) is 0 Å². The molecular weight excluding hydrogens is 179 g/mol. The van der Waals surface area contributed by atoms with Crippen molar-refractivity contribution in [3.05, 3.63) is 42.6 Å². The Bertz CT molecular complexity index is 290. The van der Waals surface area contributed by atoms with E-state index in [2.05, 4.69) is 6.92 Å². The summed E-state index contributed by atoms with van der Waals surface area (Å²) in [7, 11) is 0. The van der Waals surface area contributed by atoms with Gasteiger partial charge in [0.25, 0.3) is 0 Å². The van der Waals surface area contributed by atoms with Gasteiger partial charge in [-0.05, 0) is 31.0 Å². The van der Waals surface area contributed by atoms with Crippen molar-refractivity contribution in [2.24, 2.45) is 0 Å². The van der Waals surface area contributed by atoms with Crippen molar-refractivity contribution in [3.63, 3.8) is 0 Å². The van der Waals surface area contributed by atoms with E-state index in [1.807, 2.05) is 6.92 Å². The molecule has 0 heterocycles. The van der Waals surface area contributed by atoms with E-state index in [4.69, 9.17) is 0 Å². The average Bonchev–Trinajstić information content (AvgIpc) is 2.18. The lowest BCUT2D eigenvalue weighted by molar-refractivity contribution is 0.0384. The van der Waals surface area contributed by atoms with Gasteiger partial charge in [-0.2, -0.15) is 0 Å². The minimum Gasteiger partial charge on any atom is -0.390 e. The Morgan fingerprint density at radius 3 is 2.36 bits per heavy atom. The van der Waals surface area contributed by atoms with Gasteiger partial charge in [-0.25, -0.2) is 4.39 Å². The second-order valence-corrected chi connectivity index (χ2v) is 3.88. The Hall–Kier alpha value is -0.890. The lowest BCUT2D eigenvalue weighted by Crippen LogP contribution is -2.30. The van der Waals surface area contributed by atoms with E-state index < -0.39 is 5.60 Å². The highest BCUT2D eigenvalue weighted by molar-refractivity contribution is 5.22. The zero-order valence-electron chi connectivity index (χ0n) is 8.63. The molecule has 1 rings (SSSR count). The third-order valence-corrected chi connectivity index (χ3v) is 2.81. The SMILES string of the molecule is [CH2]CC(C)(O)C(C)c1ccc(F)cc1. The summed E-state index contributed by atoms with van der Waals surface area (Å²) in [5.74, 6) is -0.296. The molecule has 77 valence electrons. The minimum absolute atomic E-state index is 0.0411. The summed E-state index contributed by atoms with van der Waals surface area (Å²) in [6.07, 6.45) is 0.436. The highest BCUT2D eigenvalue weighted by Crippen LogP contribution is 2.29. The van der Waals surface area contributed by atoms with Crippen LogP contribution in [0, 0.1) is 12.7 Å². The normalized spacial score (nSPS) is 17.5. The molecule has 0 aromatic heterocycles. The molecule has 1 aromatic carbocycles. The molecule has 2 atom stereocenters. The van der Waals surface area contributed by atoms with Crippen molar-refractivity contribution in [2.75, 3.05) is 0 Å². The molecule has 0 aliphatic rings. The number of aliphatic hydroxyl groups is 1. The van der Waals surface area contributed by atoms with Crippen molar-refractivity contribution in [1.82, 2.24) is 0 Å². The maximum atomic E-state index is 12.7. The zero-order valence-corrected chi connectivity index (χ0v) is 8.63. The molecular formula is C12H16FO. The van der Waals surface area contributed by atoms with Gasteiger partial charge in [-0.1, -0.05) is 26.0 Å². The van der Waals surface area contributed by atoms with Crippen molar-refractivity contribution in [3.8, 4) is 0 Å². The van der Waals surface area contributed by atoms with Gasteiger partial charge in [0.05, 0.1) is 5.60 Å². The number of rotatable bonds is 3. The van der Waals surface area contributed by atoms with Crippen LogP contribution in [0.2, 0.25) is 0 Å². The predicted molar refractivity (Wildman–Crippen MR) is 55.4 cm³/mol. The number of hydrogen-bond donors (Lipinski definition) is 1. The van der Waals surface area contributed by atoms with E-state index in [9.17, 15) is 9.50 Å². The first-order chi connectivity index (χ1) is 6.47. The summed E-state index contributed by atoms with van der Waals surface area (Å²) in [6, 6.07) is 6.21. The van der Waals surface area contributed by atoms with Gasteiger partial charge >= 0.3 is 0 Å². The van der Waals surface area contributed by atoms with Crippen LogP contribution < -0.4 is 0 Å². The molecule has 0 amide bonds. The molecule has 0 saturated carbocycles. The summed E-state index contributed by atoms with van der Waals surface area (Å²) in [4.78, 5) is 0. The molecule has 0 aliphatic heterocycles. The fourth-order valence-electron chi connectivity index (χ4n) is 1.33. The van der Waals surface area contributed by atoms with Crippen LogP contribution in [0.3, 0.4) is 0 Å². The second-order valence-electron chi connectivity index (χ2n) is 3.88. The van der Waals surface area contributed by atoms with Crippen LogP contribution in [0.15, 0.2) is 24.3 Å². The first kappa shape index (κ1) is 11.2. The van der Waals surface area contributed by atoms with Gasteiger partial charge in [-0.15, -0.1) is 0 Å². The van der Waals surface area contributed by atoms with Crippen LogP contribution in [0.4, 0.5) is 4.39 Å². The van der Waals surface area contributed by atoms with Crippen LogP contribution >= 0.6 is 0 Å². The maximum absolute atomic E-state index is 12.7. The predicted octanol–water partition coefficient (Wildman–Crippen LogP) is 2.90. The van der Waals surface area contributed by atoms with Crippen molar-refractivity contribution in [2.45, 2.75) is 31.8 Å². The molecule has 14 heavy (non-hydrogen) atoms. The standard InChI is InChI=1S/C12H16FO/c1-4-12(3,14)9(2)10-5-7-11(13)8-6-10/h5-9,14H,1,4H2,2-3H3. The van der Waals surface area contributed by atoms with E-state index in [1.165, 1.54) is 12.1 Å². The summed E-state index contributed by atoms with van der Waals surface area (Å²) < 4.78 is 12.7. The largest absolute Gasteiger partial charge is 0.390 e. The fourth-order valence-corrected chi connectivity index (χ4v) is 1.33. The molecule has 1 aromatic rings. The van der Waals surface area contributed by atoms with Crippen LogP contribution in [0.25, 0.3) is 0 Å². The highest BCUT2D eigenvalue weighted by Gasteiger charge is 2.27. The Balaban J connectivity index is 2.89. The lowest BCUT2D eigenvalue weighted by Gasteiger charge is -2.29. The van der Waals surface area contributed by atoms with E-state index >= 15 is 0 Å². The van der Waals surface area contributed by atoms with Crippen LogP contribution in [0.5, 0.6) is 0 Å². The van der Waals surface area contributed by atoms with Crippen molar-refractivity contribution >= 4 is 0 Å². The number of halogens is 1. The van der Waals surface area contributed by atoms with Crippen LogP contribution in [0.1, 0.15) is 31.7 Å². The molecule has 0 aliphatic carbocycles. The maximum Gasteiger partial charge on any atom is 0.123 e. The summed E-state index contributed by atoms with van der Waals surface area (Å²) in [6.45, 7) is 7.36. The van der Waals surface area contributed by atoms with Crippen LogP contribution in [-0.2, 0) is 0 Å². The molecule has 0 bridgehead atoms. The first-order valence-corrected chi connectivity index (χ1v) is 4.74. The summed E-state index contributed by atoms with van der Waals surface area (Å²) in [5.41, 5.74) is 0.0951. The van der Waals surface area contributed by atoms with Gasteiger partial charge in [0, 0.05) is 5.92 Å². The number of benzene rings is 1. The van der Waals surface area contributed by atoms with Gasteiger partial charge < -0.3 is 5.11 Å². The van der Waals surface area contributed by atoms with E-state index in [1.54, 1.807) is 19.1 Å². The topological polar surface area (TPSA) is 20.2 Å². The average molecular weight is 195 g/mol. The molecule has 1 radical (unpaired) electrons. The third-order valence-electron chi connectivity index (χ3n) is 2.81. The molecule has 0 fully saturated rings. The molecule has 0 saturated heterocycles. The van der Waals surface area contributed by atoms with Crippen molar-refractivity contribution < 1.29 is 9.50 Å². The molecule has 1 N–H and O–H groups in total. The Morgan fingerprint density at radius 2 is 1.93 bits per heavy atom. The quantitative estimate of drug-likeness (QED) is 0.786. The third kappa shape index (κ3) is 2.32. The minimum atomic E-state index is -0.835. The molecule has 1 nitrogen and oxygen atoms in total. The molecule has 2 heteroatoms. The Labute approximate surface area is 84.6 Å². The Morgan fingerprint density at radius 1 is 1.43 bits per heavy atom. The van der Waals surface area contributed by atoms with Gasteiger partial charge in [0.15, 0.2) is 0 Å². The van der Waals surface area contributed by atoms with E-state index in [0.29, 0.717) is 6.42 Å². The first-order valence-electron chi connectivity index (χ1n) is 4.74. The Kier molecular flexibility index (Phi) is 3.27. The van der Waals surface area contributed by atoms with Gasteiger partial charge in [0.2, 0.25) is 0 Å². The van der Waals surface area contributed by atoms with Crippen LogP contribution in [-0.4, -0.2) is 10.7 Å². The number of hydrogen-bond acceptors (Lipinski definition) is 1. The van der Waals surface area contributed by atoms with E-state index in [-0.39, 0.29) is 11.7 Å². The monoisotopic (exact) mass is 195 g/mol.